The zero-order valence-electron chi connectivity index (χ0n) is 15.8. The van der Waals surface area contributed by atoms with E-state index in [-0.39, 0.29) is 39.3 Å². The summed E-state index contributed by atoms with van der Waals surface area (Å²) in [6.45, 7) is 4.85. The molecular formula is C17H21Cl3F2N4O4+2. The van der Waals surface area contributed by atoms with Crippen LogP contribution in [0.4, 0.5) is 8.87 Å². The summed E-state index contributed by atoms with van der Waals surface area (Å²) in [5.41, 5.74) is -0.120. The van der Waals surface area contributed by atoms with Crippen LogP contribution in [0.25, 0.3) is 0 Å². The van der Waals surface area contributed by atoms with Crippen molar-refractivity contribution in [3.8, 4) is 0 Å². The Balaban J connectivity index is 0.000000161. The van der Waals surface area contributed by atoms with Gasteiger partial charge in [0, 0.05) is 0 Å². The van der Waals surface area contributed by atoms with Crippen LogP contribution in [-0.2, 0) is 9.59 Å². The van der Waals surface area contributed by atoms with E-state index in [1.165, 1.54) is 6.08 Å². The van der Waals surface area contributed by atoms with Crippen molar-refractivity contribution in [3.05, 3.63) is 23.0 Å². The van der Waals surface area contributed by atoms with E-state index in [1.54, 1.807) is 0 Å². The fourth-order valence-electron chi connectivity index (χ4n) is 3.12. The molecule has 0 aromatic heterocycles. The zero-order valence-corrected chi connectivity index (χ0v) is 18.1. The quantitative estimate of drug-likeness (QED) is 0.275. The van der Waals surface area contributed by atoms with Gasteiger partial charge in [-0.05, 0) is 10.6 Å². The molecule has 13 heteroatoms. The lowest BCUT2D eigenvalue weighted by atomic mass is 10.2. The average molecular weight is 490 g/mol. The number of carboxylic acids is 2. The number of aliphatic carboxylic acids is 2. The van der Waals surface area contributed by atoms with Crippen LogP contribution in [0, 0.1) is 0 Å². The van der Waals surface area contributed by atoms with Gasteiger partial charge in [0.05, 0.1) is 24.2 Å². The highest BCUT2D eigenvalue weighted by atomic mass is 35.5. The number of fused-ring (bicyclic) bond motifs is 3. The SMILES string of the molecule is F[N+]12CC[N+](CCl)(CC1)CC2.O=C(O)C1=C(F)C(Cl)=NC1.O=C(O)C1=CC(Cl)=NC1. The lowest BCUT2D eigenvalue weighted by Crippen LogP contribution is -2.71. The van der Waals surface area contributed by atoms with E-state index in [1.807, 2.05) is 0 Å². The van der Waals surface area contributed by atoms with Gasteiger partial charge in [0.25, 0.3) is 0 Å². The normalized spacial score (nSPS) is 29.2. The van der Waals surface area contributed by atoms with E-state index in [0.29, 0.717) is 25.6 Å². The number of hydrogen-bond acceptors (Lipinski definition) is 4. The Hall–Kier alpha value is -1.59. The molecule has 0 amide bonds. The predicted molar refractivity (Wildman–Crippen MR) is 109 cm³/mol. The molecule has 0 atom stereocenters. The molecule has 0 aromatic rings. The number of allylic oxidation sites excluding steroid dienone is 2. The summed E-state index contributed by atoms with van der Waals surface area (Å²) >= 11 is 16.4. The lowest BCUT2D eigenvalue weighted by molar-refractivity contribution is -1.15. The monoisotopic (exact) mass is 488 g/mol. The van der Waals surface area contributed by atoms with Crippen molar-refractivity contribution in [2.75, 3.05) is 58.4 Å². The van der Waals surface area contributed by atoms with Gasteiger partial charge in [-0.1, -0.05) is 34.8 Å². The Morgan fingerprint density at radius 1 is 1.00 bits per heavy atom. The molecule has 0 aromatic carbocycles. The molecule has 166 valence electrons. The minimum atomic E-state index is -1.31. The van der Waals surface area contributed by atoms with Gasteiger partial charge >= 0.3 is 11.9 Å². The molecule has 2 bridgehead atoms. The van der Waals surface area contributed by atoms with Crippen molar-refractivity contribution in [2.24, 2.45) is 9.98 Å². The highest BCUT2D eigenvalue weighted by Gasteiger charge is 2.50. The maximum absolute atomic E-state index is 13.5. The summed E-state index contributed by atoms with van der Waals surface area (Å²) < 4.78 is 26.8. The highest BCUT2D eigenvalue weighted by Crippen LogP contribution is 2.27. The third kappa shape index (κ3) is 6.21. The predicted octanol–water partition coefficient (Wildman–Crippen LogP) is 2.32. The number of alkyl halides is 1. The molecule has 0 spiro atoms. The minimum Gasteiger partial charge on any atom is -0.478 e. The molecule has 0 radical (unpaired) electrons. The van der Waals surface area contributed by atoms with E-state index in [0.717, 1.165) is 24.1 Å². The van der Waals surface area contributed by atoms with E-state index in [9.17, 15) is 18.5 Å². The Morgan fingerprint density at radius 3 is 1.83 bits per heavy atom. The first kappa shape index (κ1) is 24.7. The minimum absolute atomic E-state index is 0.167. The molecule has 5 rings (SSSR count). The molecule has 3 fully saturated rings. The van der Waals surface area contributed by atoms with Crippen LogP contribution in [0.1, 0.15) is 0 Å². The van der Waals surface area contributed by atoms with E-state index in [2.05, 4.69) is 9.98 Å². The van der Waals surface area contributed by atoms with Crippen LogP contribution in [-0.4, -0.2) is 100 Å². The number of nitrogens with zero attached hydrogens (tertiary/aromatic N) is 4. The first-order valence-corrected chi connectivity index (χ1v) is 10.2. The van der Waals surface area contributed by atoms with Crippen molar-refractivity contribution in [1.82, 2.24) is 0 Å². The van der Waals surface area contributed by atoms with Gasteiger partial charge in [-0.15, -0.1) is 4.71 Å². The third-order valence-electron chi connectivity index (χ3n) is 5.23. The average Bonchev–Trinajstić information content (AvgIpc) is 3.30. The van der Waals surface area contributed by atoms with Crippen LogP contribution < -0.4 is 0 Å². The third-order valence-corrected chi connectivity index (χ3v) is 6.25. The van der Waals surface area contributed by atoms with Crippen molar-refractivity contribution < 1.29 is 37.9 Å². The number of quaternary nitrogens is 2. The number of piperazine rings is 3. The molecule has 5 aliphatic rings. The molecule has 0 aliphatic carbocycles. The van der Waals surface area contributed by atoms with Crippen molar-refractivity contribution in [2.45, 2.75) is 0 Å². The first-order valence-electron chi connectivity index (χ1n) is 8.94. The molecule has 0 saturated carbocycles. The fourth-order valence-corrected chi connectivity index (χ4v) is 3.85. The molecule has 5 aliphatic heterocycles. The maximum Gasteiger partial charge on any atom is 0.336 e. The molecule has 30 heavy (non-hydrogen) atoms. The van der Waals surface area contributed by atoms with Crippen molar-refractivity contribution >= 4 is 57.1 Å². The van der Waals surface area contributed by atoms with Gasteiger partial charge in [0.2, 0.25) is 0 Å². The largest absolute Gasteiger partial charge is 0.478 e. The van der Waals surface area contributed by atoms with Gasteiger partial charge in [0.1, 0.15) is 24.8 Å². The van der Waals surface area contributed by atoms with Gasteiger partial charge < -0.3 is 10.2 Å². The summed E-state index contributed by atoms with van der Waals surface area (Å²) in [5.74, 6) is -3.18. The van der Waals surface area contributed by atoms with Crippen molar-refractivity contribution in [1.29, 1.82) is 0 Å². The second kappa shape index (κ2) is 10.1. The topological polar surface area (TPSA) is 99.3 Å². The summed E-state index contributed by atoms with van der Waals surface area (Å²) in [6.07, 6.45) is 1.35. The van der Waals surface area contributed by atoms with Gasteiger partial charge in [0.15, 0.2) is 36.6 Å². The first-order chi connectivity index (χ1) is 14.0. The summed E-state index contributed by atoms with van der Waals surface area (Å²) in [4.78, 5) is 27.3. The Bertz CT molecular complexity index is 820. The number of aliphatic imine (C=N–C) groups is 2. The number of carboxylic acid groups (broad SMARTS) is 2. The molecule has 0 unspecified atom stereocenters. The van der Waals surface area contributed by atoms with Crippen molar-refractivity contribution in [3.63, 3.8) is 0 Å². The molecule has 8 nitrogen and oxygen atoms in total. The van der Waals surface area contributed by atoms with Crippen LogP contribution in [0.3, 0.4) is 0 Å². The number of carbonyl (C=O) groups is 2. The summed E-state index contributed by atoms with van der Waals surface area (Å²) in [6, 6.07) is 0.667. The van der Waals surface area contributed by atoms with Gasteiger partial charge in [-0.25, -0.2) is 14.0 Å². The zero-order chi connectivity index (χ0) is 22.5. The lowest BCUT2D eigenvalue weighted by Gasteiger charge is -2.48. The molecule has 2 N–H and O–H groups in total. The van der Waals surface area contributed by atoms with Gasteiger partial charge in [-0.3, -0.25) is 14.5 Å². The number of halogens is 5. The Labute approximate surface area is 186 Å². The van der Waals surface area contributed by atoms with E-state index < -0.39 is 17.8 Å². The van der Waals surface area contributed by atoms with Crippen LogP contribution in [0.5, 0.6) is 0 Å². The van der Waals surface area contributed by atoms with E-state index in [4.69, 9.17) is 45.0 Å². The summed E-state index contributed by atoms with van der Waals surface area (Å²) in [5, 5.41) is 16.5. The number of rotatable bonds is 3. The van der Waals surface area contributed by atoms with Crippen LogP contribution in [0.2, 0.25) is 0 Å². The smallest absolute Gasteiger partial charge is 0.336 e. The fraction of sp³-hybridized carbons (Fsp3) is 0.529. The standard InChI is InChI=1S/C7H14ClFN2.C5H3ClFNO2.C5H4ClNO2/c8-7-10-1-4-11(9,5-2-10)6-3-10;6-4-3(7)2(1-8-4)5(9)10;6-4-1-3(2-7-4)5(8)9/h1-7H2;1H2,(H,9,10);1H,2H2,(H,8,9)/q+2;;. The van der Waals surface area contributed by atoms with Gasteiger partial charge in [-0.2, -0.15) is 0 Å². The molecule has 5 heterocycles. The molecular weight excluding hydrogens is 469 g/mol. The second-order valence-electron chi connectivity index (χ2n) is 7.15. The summed E-state index contributed by atoms with van der Waals surface area (Å²) in [7, 11) is 0. The Morgan fingerprint density at radius 2 is 1.57 bits per heavy atom. The van der Waals surface area contributed by atoms with E-state index >= 15 is 0 Å². The number of hydrogen-bond donors (Lipinski definition) is 2. The highest BCUT2D eigenvalue weighted by molar-refractivity contribution is 6.70. The van der Waals surface area contributed by atoms with Crippen LogP contribution in [0.15, 0.2) is 33.0 Å². The maximum atomic E-state index is 13.5. The van der Waals surface area contributed by atoms with Crippen LogP contribution >= 0.6 is 34.8 Å². The second-order valence-corrected chi connectivity index (χ2v) is 8.13. The Kier molecular flexibility index (Phi) is 8.35. The molecule has 3 saturated heterocycles.